The van der Waals surface area contributed by atoms with Gasteiger partial charge in [-0.3, -0.25) is 9.59 Å². The molecule has 4 atom stereocenters. The number of carbonyl (C=O) groups excluding carboxylic acids is 3. The third-order valence-electron chi connectivity index (χ3n) is 10.2. The van der Waals surface area contributed by atoms with E-state index in [1.54, 1.807) is 36.0 Å². The van der Waals surface area contributed by atoms with Crippen LogP contribution in [-0.2, 0) is 14.3 Å². The van der Waals surface area contributed by atoms with Crippen molar-refractivity contribution in [3.63, 3.8) is 0 Å². The van der Waals surface area contributed by atoms with Crippen molar-refractivity contribution in [1.82, 2.24) is 40.4 Å². The number of nitrogens with zero attached hydrogens (tertiary/aromatic N) is 4. The van der Waals surface area contributed by atoms with Gasteiger partial charge in [-0.15, -0.1) is 0 Å². The Kier molecular flexibility index (Phi) is 12.0. The highest BCUT2D eigenvalue weighted by Gasteiger charge is 2.40. The summed E-state index contributed by atoms with van der Waals surface area (Å²) in [5, 5.41) is 14.3. The quantitative estimate of drug-likeness (QED) is 0.0932. The molecule has 0 bridgehead atoms. The van der Waals surface area contributed by atoms with Gasteiger partial charge in [0.1, 0.15) is 23.7 Å². The zero-order valence-electron chi connectivity index (χ0n) is 32.8. The maximum absolute atomic E-state index is 13.6. The highest BCUT2D eigenvalue weighted by molar-refractivity contribution is 5.87. The second kappa shape index (κ2) is 17.0. The van der Waals surface area contributed by atoms with Crippen LogP contribution in [0.1, 0.15) is 75.4 Å². The number of aromatic nitrogens is 4. The van der Waals surface area contributed by atoms with E-state index in [-0.39, 0.29) is 35.7 Å². The minimum absolute atomic E-state index is 0.150. The Labute approximate surface area is 331 Å². The first-order chi connectivity index (χ1) is 27.2. The number of imidazole rings is 2. The van der Waals surface area contributed by atoms with Crippen LogP contribution >= 0.6 is 0 Å². The van der Waals surface area contributed by atoms with Gasteiger partial charge in [-0.1, -0.05) is 88.1 Å². The van der Waals surface area contributed by atoms with E-state index in [0.29, 0.717) is 37.6 Å². The topological polar surface area (TPSA) is 186 Å². The highest BCUT2D eigenvalue weighted by atomic mass is 16.5. The molecule has 4 amide bonds. The monoisotopic (exact) mass is 772 g/mol. The van der Waals surface area contributed by atoms with Gasteiger partial charge in [0.05, 0.1) is 43.0 Å². The Morgan fingerprint density at radius 3 is 1.51 bits per heavy atom. The fraction of sp³-hybridized carbons (Fsp3) is 0.349. The number of aromatic amines is 2. The summed E-state index contributed by atoms with van der Waals surface area (Å²) in [5.41, 5.74) is 6.83. The number of alkyl carbamates (subject to hydrolysis) is 1. The first-order valence-electron chi connectivity index (χ1n) is 18.8. The lowest BCUT2D eigenvalue weighted by molar-refractivity contribution is -0.136. The van der Waals surface area contributed by atoms with Crippen molar-refractivity contribution in [3.8, 4) is 34.4 Å². The molecule has 2 aliphatic heterocycles. The number of H-pyrrole nitrogens is 2. The molecule has 296 valence electrons. The van der Waals surface area contributed by atoms with Crippen molar-refractivity contribution in [2.45, 2.75) is 64.7 Å². The summed E-state index contributed by atoms with van der Waals surface area (Å²) in [6.07, 6.45) is 2.67. The Hall–Kier alpha value is -6.62. The van der Waals surface area contributed by atoms with Crippen molar-refractivity contribution in [2.75, 3.05) is 20.2 Å². The molecule has 2 aromatic heterocycles. The summed E-state index contributed by atoms with van der Waals surface area (Å²) in [5.74, 6) is 6.80. The number of ether oxygens (including phenoxy) is 1. The summed E-state index contributed by atoms with van der Waals surface area (Å²) in [6, 6.07) is 13.2. The van der Waals surface area contributed by atoms with Crippen LogP contribution < -0.4 is 10.6 Å². The van der Waals surface area contributed by atoms with Gasteiger partial charge >= 0.3 is 12.2 Å². The van der Waals surface area contributed by atoms with Gasteiger partial charge in [0.2, 0.25) is 11.8 Å². The molecule has 57 heavy (non-hydrogen) atoms. The van der Waals surface area contributed by atoms with E-state index in [0.717, 1.165) is 44.8 Å². The molecule has 14 heteroatoms. The number of amides is 4. The van der Waals surface area contributed by atoms with Crippen LogP contribution in [0.15, 0.2) is 85.2 Å². The van der Waals surface area contributed by atoms with E-state index in [2.05, 4.69) is 55.6 Å². The van der Waals surface area contributed by atoms with E-state index in [9.17, 15) is 24.3 Å². The van der Waals surface area contributed by atoms with Gasteiger partial charge in [0.15, 0.2) is 0 Å². The standard InChI is InChI=1S/C43H48N8O6/c1-24(2)36(48-42(54)55)40(52)50-22-26(5)18-34(50)38-44-20-32(46-38)30-14-10-28(11-15-30)8-9-29-12-16-31(17-13-29)33-21-45-39(47-33)35-19-27(6)23-51(35)41(53)37(25(3)4)49-43(56)57-7/h10-17,20-21,24-25,34-37,48H,5-6,18-19,22-23H2,1-4,7H3,(H,44,46)(H,45,47)(H,49,56)(H,54,55)/t34-,35?,36-,37-/m0/s1. The van der Waals surface area contributed by atoms with Crippen LogP contribution in [0.3, 0.4) is 0 Å². The molecule has 2 aromatic carbocycles. The molecular formula is C43H48N8O6. The lowest BCUT2D eigenvalue weighted by Gasteiger charge is -2.29. The summed E-state index contributed by atoms with van der Waals surface area (Å²) in [4.78, 5) is 69.7. The molecule has 0 radical (unpaired) electrons. The van der Waals surface area contributed by atoms with Crippen molar-refractivity contribution in [2.24, 2.45) is 11.8 Å². The molecule has 0 aliphatic carbocycles. The third kappa shape index (κ3) is 9.10. The normalized spacial score (nSPS) is 17.7. The Morgan fingerprint density at radius 1 is 0.737 bits per heavy atom. The smallest absolute Gasteiger partial charge is 0.407 e. The number of carbonyl (C=O) groups is 4. The van der Waals surface area contributed by atoms with Crippen LogP contribution in [0.25, 0.3) is 22.5 Å². The fourth-order valence-corrected chi connectivity index (χ4v) is 7.17. The number of hydrogen-bond acceptors (Lipinski definition) is 7. The Morgan fingerprint density at radius 2 is 1.14 bits per heavy atom. The number of nitrogens with one attached hydrogen (secondary N) is 4. The number of methoxy groups -OCH3 is 1. The van der Waals surface area contributed by atoms with Crippen LogP contribution in [0.2, 0.25) is 0 Å². The molecule has 4 heterocycles. The largest absolute Gasteiger partial charge is 0.465 e. The summed E-state index contributed by atoms with van der Waals surface area (Å²) in [6.45, 7) is 16.3. The molecule has 2 saturated heterocycles. The van der Waals surface area contributed by atoms with Crippen molar-refractivity contribution in [3.05, 3.63) is 108 Å². The number of likely N-dealkylation sites (tertiary alicyclic amines) is 2. The first-order valence-corrected chi connectivity index (χ1v) is 18.8. The first kappa shape index (κ1) is 40.1. The molecule has 2 aliphatic rings. The van der Waals surface area contributed by atoms with Crippen molar-refractivity contribution < 1.29 is 29.0 Å². The average Bonchev–Trinajstić information content (AvgIpc) is 4.01. The molecule has 14 nitrogen and oxygen atoms in total. The van der Waals surface area contributed by atoms with Gasteiger partial charge in [0.25, 0.3) is 0 Å². The number of hydrogen-bond donors (Lipinski definition) is 5. The minimum atomic E-state index is -1.24. The van der Waals surface area contributed by atoms with E-state index in [4.69, 9.17) is 4.74 Å². The lowest BCUT2D eigenvalue weighted by Crippen LogP contribution is -2.51. The second-order valence-electron chi connectivity index (χ2n) is 15.2. The van der Waals surface area contributed by atoms with Crippen LogP contribution in [0.5, 0.6) is 0 Å². The molecule has 2 fully saturated rings. The van der Waals surface area contributed by atoms with E-state index in [1.807, 2.05) is 62.4 Å². The Bertz CT molecular complexity index is 2230. The lowest BCUT2D eigenvalue weighted by atomic mass is 10.0. The SMILES string of the molecule is C=C1CC(c2ncc(-c3ccc(C#Cc4ccc(-c5cnc([C@@H]6CC(=C)CN6C(=O)[C@@H](NC(=O)O)C(C)C)[nH]5)cc4)cc3)[nH]2)N(C(=O)[C@@H](NC(=O)OC)C(C)C)C1. The van der Waals surface area contributed by atoms with Crippen molar-refractivity contribution in [1.29, 1.82) is 0 Å². The molecular weight excluding hydrogens is 725 g/mol. The molecule has 6 rings (SSSR count). The van der Waals surface area contributed by atoms with Crippen molar-refractivity contribution >= 4 is 24.0 Å². The third-order valence-corrected chi connectivity index (χ3v) is 10.2. The maximum atomic E-state index is 13.6. The van der Waals surface area contributed by atoms with Gasteiger partial charge in [0, 0.05) is 24.2 Å². The highest BCUT2D eigenvalue weighted by Crippen LogP contribution is 2.36. The zero-order chi connectivity index (χ0) is 41.0. The van der Waals surface area contributed by atoms with E-state index < -0.39 is 24.3 Å². The van der Waals surface area contributed by atoms with Gasteiger partial charge in [-0.2, -0.15) is 0 Å². The number of carboxylic acid groups (broad SMARTS) is 1. The second-order valence-corrected chi connectivity index (χ2v) is 15.2. The summed E-state index contributed by atoms with van der Waals surface area (Å²) in [7, 11) is 1.27. The van der Waals surface area contributed by atoms with Crippen LogP contribution in [0.4, 0.5) is 9.59 Å². The van der Waals surface area contributed by atoms with Gasteiger partial charge < -0.3 is 40.2 Å². The molecule has 4 aromatic rings. The Balaban J connectivity index is 1.10. The number of rotatable bonds is 10. The molecule has 0 saturated carbocycles. The van der Waals surface area contributed by atoms with Gasteiger partial charge in [-0.25, -0.2) is 19.6 Å². The summed E-state index contributed by atoms with van der Waals surface area (Å²) < 4.78 is 4.74. The zero-order valence-corrected chi connectivity index (χ0v) is 32.8. The van der Waals surface area contributed by atoms with Gasteiger partial charge in [-0.05, 0) is 60.1 Å². The predicted molar refractivity (Wildman–Crippen MR) is 214 cm³/mol. The van der Waals surface area contributed by atoms with E-state index in [1.165, 1.54) is 7.11 Å². The number of benzene rings is 2. The minimum Gasteiger partial charge on any atom is -0.465 e. The molecule has 5 N–H and O–H groups in total. The van der Waals surface area contributed by atoms with E-state index >= 15 is 0 Å². The molecule has 0 spiro atoms. The van der Waals surface area contributed by atoms with Crippen LogP contribution in [0, 0.1) is 23.7 Å². The predicted octanol–water partition coefficient (Wildman–Crippen LogP) is 6.20. The molecule has 1 unspecified atom stereocenters. The average molecular weight is 773 g/mol. The van der Waals surface area contributed by atoms with Crippen LogP contribution in [-0.4, -0.2) is 91.1 Å². The maximum Gasteiger partial charge on any atom is 0.407 e. The fourth-order valence-electron chi connectivity index (χ4n) is 7.17. The summed E-state index contributed by atoms with van der Waals surface area (Å²) >= 11 is 0.